The van der Waals surface area contributed by atoms with Crippen molar-refractivity contribution in [3.63, 3.8) is 0 Å². The van der Waals surface area contributed by atoms with Crippen molar-refractivity contribution in [3.8, 4) is 0 Å². The van der Waals surface area contributed by atoms with Crippen LogP contribution in [0.5, 0.6) is 0 Å². The SMILES string of the molecule is CCC(C)CS(=O)(=O)CCCNC(C)C. The molecule has 3 nitrogen and oxygen atoms in total. The van der Waals surface area contributed by atoms with E-state index in [1.165, 1.54) is 0 Å². The molecule has 4 heteroatoms. The lowest BCUT2D eigenvalue weighted by Crippen LogP contribution is -2.26. The van der Waals surface area contributed by atoms with Crippen LogP contribution in [-0.4, -0.2) is 32.5 Å². The van der Waals surface area contributed by atoms with E-state index >= 15 is 0 Å². The molecule has 15 heavy (non-hydrogen) atoms. The summed E-state index contributed by atoms with van der Waals surface area (Å²) in [5.41, 5.74) is 0. The molecule has 1 atom stereocenters. The first kappa shape index (κ1) is 14.9. The highest BCUT2D eigenvalue weighted by Crippen LogP contribution is 2.06. The number of hydrogen-bond donors (Lipinski definition) is 1. The van der Waals surface area contributed by atoms with Crippen LogP contribution in [0.25, 0.3) is 0 Å². The van der Waals surface area contributed by atoms with Crippen molar-refractivity contribution in [1.29, 1.82) is 0 Å². The summed E-state index contributed by atoms with van der Waals surface area (Å²) in [6, 6.07) is 0.433. The molecule has 0 aromatic heterocycles. The molecule has 0 aliphatic heterocycles. The quantitative estimate of drug-likeness (QED) is 0.653. The molecule has 0 saturated carbocycles. The van der Waals surface area contributed by atoms with Crippen molar-refractivity contribution >= 4 is 9.84 Å². The van der Waals surface area contributed by atoms with Gasteiger partial charge in [-0.05, 0) is 18.9 Å². The lowest BCUT2D eigenvalue weighted by Gasteiger charge is -2.10. The van der Waals surface area contributed by atoms with Gasteiger partial charge in [0.1, 0.15) is 0 Å². The lowest BCUT2D eigenvalue weighted by atomic mass is 10.2. The summed E-state index contributed by atoms with van der Waals surface area (Å²) in [7, 11) is -2.83. The van der Waals surface area contributed by atoms with Gasteiger partial charge in [-0.15, -0.1) is 0 Å². The van der Waals surface area contributed by atoms with Gasteiger partial charge in [0.15, 0.2) is 9.84 Å². The van der Waals surface area contributed by atoms with Crippen molar-refractivity contribution in [2.45, 2.75) is 46.6 Å². The highest BCUT2D eigenvalue weighted by Gasteiger charge is 2.14. The van der Waals surface area contributed by atoms with Crippen molar-refractivity contribution in [1.82, 2.24) is 5.32 Å². The molecule has 0 aromatic carbocycles. The summed E-state index contributed by atoms with van der Waals surface area (Å²) in [6.45, 7) is 8.93. The maximum Gasteiger partial charge on any atom is 0.150 e. The monoisotopic (exact) mass is 235 g/mol. The zero-order valence-corrected chi connectivity index (χ0v) is 11.2. The fourth-order valence-electron chi connectivity index (χ4n) is 1.32. The Kier molecular flexibility index (Phi) is 7.18. The minimum Gasteiger partial charge on any atom is -0.314 e. The molecule has 0 bridgehead atoms. The second kappa shape index (κ2) is 7.23. The minimum absolute atomic E-state index is 0.285. The molecule has 0 spiro atoms. The van der Waals surface area contributed by atoms with Crippen LogP contribution in [0.4, 0.5) is 0 Å². The third-order valence-corrected chi connectivity index (χ3v) is 4.41. The lowest BCUT2D eigenvalue weighted by molar-refractivity contribution is 0.552. The molecule has 0 aromatic rings. The Balaban J connectivity index is 3.75. The molecular formula is C11H25NO2S. The average Bonchev–Trinajstić information content (AvgIpc) is 2.11. The molecule has 0 fully saturated rings. The molecule has 0 heterocycles. The molecular weight excluding hydrogens is 210 g/mol. The van der Waals surface area contributed by atoms with E-state index in [1.807, 2.05) is 13.8 Å². The predicted molar refractivity (Wildman–Crippen MR) is 65.9 cm³/mol. The summed E-state index contributed by atoms with van der Waals surface area (Å²) in [5, 5.41) is 3.22. The molecule has 0 saturated heterocycles. The molecule has 0 rings (SSSR count). The van der Waals surface area contributed by atoms with Gasteiger partial charge >= 0.3 is 0 Å². The Morgan fingerprint density at radius 1 is 1.20 bits per heavy atom. The maximum atomic E-state index is 11.6. The number of hydrogen-bond acceptors (Lipinski definition) is 3. The van der Waals surface area contributed by atoms with Gasteiger partial charge in [-0.3, -0.25) is 0 Å². The standard InChI is InChI=1S/C11H25NO2S/c1-5-11(4)9-15(13,14)8-6-7-12-10(2)3/h10-12H,5-9H2,1-4H3. The molecule has 0 aliphatic rings. The molecule has 0 radical (unpaired) electrons. The van der Waals surface area contributed by atoms with Crippen LogP contribution in [0.1, 0.15) is 40.5 Å². The van der Waals surface area contributed by atoms with Gasteiger partial charge in [0.25, 0.3) is 0 Å². The largest absolute Gasteiger partial charge is 0.314 e. The van der Waals surface area contributed by atoms with E-state index in [2.05, 4.69) is 19.2 Å². The molecule has 1 unspecified atom stereocenters. The minimum atomic E-state index is -2.83. The van der Waals surface area contributed by atoms with Crippen molar-refractivity contribution in [2.24, 2.45) is 5.92 Å². The molecule has 92 valence electrons. The summed E-state index contributed by atoms with van der Waals surface area (Å²) in [4.78, 5) is 0. The highest BCUT2D eigenvalue weighted by atomic mass is 32.2. The van der Waals surface area contributed by atoms with E-state index in [-0.39, 0.29) is 5.92 Å². The van der Waals surface area contributed by atoms with Crippen LogP contribution in [-0.2, 0) is 9.84 Å². The first-order valence-electron chi connectivity index (χ1n) is 5.81. The normalized spacial score (nSPS) is 14.5. The zero-order chi connectivity index (χ0) is 11.9. The third kappa shape index (κ3) is 8.88. The highest BCUT2D eigenvalue weighted by molar-refractivity contribution is 7.91. The van der Waals surface area contributed by atoms with Crippen LogP contribution in [0.15, 0.2) is 0 Å². The van der Waals surface area contributed by atoms with E-state index in [4.69, 9.17) is 0 Å². The van der Waals surface area contributed by atoms with Crippen molar-refractivity contribution in [2.75, 3.05) is 18.1 Å². The molecule has 1 N–H and O–H groups in total. The van der Waals surface area contributed by atoms with E-state index in [0.717, 1.165) is 19.4 Å². The van der Waals surface area contributed by atoms with Crippen LogP contribution < -0.4 is 5.32 Å². The number of sulfone groups is 1. The van der Waals surface area contributed by atoms with Crippen LogP contribution in [0.3, 0.4) is 0 Å². The summed E-state index contributed by atoms with van der Waals surface area (Å²) < 4.78 is 23.2. The van der Waals surface area contributed by atoms with E-state index in [0.29, 0.717) is 17.5 Å². The second-order valence-corrected chi connectivity index (χ2v) is 6.82. The topological polar surface area (TPSA) is 46.2 Å². The van der Waals surface area contributed by atoms with Gasteiger partial charge in [-0.1, -0.05) is 34.1 Å². The van der Waals surface area contributed by atoms with Crippen molar-refractivity contribution < 1.29 is 8.42 Å². The fourth-order valence-corrected chi connectivity index (χ4v) is 3.17. The fraction of sp³-hybridized carbons (Fsp3) is 1.00. The third-order valence-electron chi connectivity index (χ3n) is 2.42. The van der Waals surface area contributed by atoms with Gasteiger partial charge in [-0.25, -0.2) is 8.42 Å². The molecule has 0 aliphatic carbocycles. The Morgan fingerprint density at radius 2 is 1.80 bits per heavy atom. The first-order valence-corrected chi connectivity index (χ1v) is 7.63. The van der Waals surface area contributed by atoms with E-state index in [9.17, 15) is 8.42 Å². The maximum absolute atomic E-state index is 11.6. The first-order chi connectivity index (χ1) is 6.87. The smallest absolute Gasteiger partial charge is 0.150 e. The molecule has 0 amide bonds. The van der Waals surface area contributed by atoms with Crippen LogP contribution >= 0.6 is 0 Å². The second-order valence-electron chi connectivity index (χ2n) is 4.59. The van der Waals surface area contributed by atoms with Crippen LogP contribution in [0.2, 0.25) is 0 Å². The summed E-state index contributed by atoms with van der Waals surface area (Å²) >= 11 is 0. The summed E-state index contributed by atoms with van der Waals surface area (Å²) in [5.74, 6) is 0.940. The Morgan fingerprint density at radius 3 is 2.27 bits per heavy atom. The van der Waals surface area contributed by atoms with E-state index in [1.54, 1.807) is 0 Å². The Hall–Kier alpha value is -0.0900. The van der Waals surface area contributed by atoms with E-state index < -0.39 is 9.84 Å². The summed E-state index contributed by atoms with van der Waals surface area (Å²) in [6.07, 6.45) is 1.65. The van der Waals surface area contributed by atoms with Gasteiger partial charge in [0.05, 0.1) is 11.5 Å². The Labute approximate surface area is 94.6 Å². The zero-order valence-electron chi connectivity index (χ0n) is 10.4. The van der Waals surface area contributed by atoms with Gasteiger partial charge in [0, 0.05) is 6.04 Å². The van der Waals surface area contributed by atoms with Gasteiger partial charge in [-0.2, -0.15) is 0 Å². The van der Waals surface area contributed by atoms with Crippen LogP contribution in [0, 0.1) is 5.92 Å². The predicted octanol–water partition coefficient (Wildman–Crippen LogP) is 1.84. The average molecular weight is 235 g/mol. The number of nitrogens with one attached hydrogen (secondary N) is 1. The Bertz CT molecular complexity index is 247. The van der Waals surface area contributed by atoms with Gasteiger partial charge < -0.3 is 5.32 Å². The van der Waals surface area contributed by atoms with Gasteiger partial charge in [0.2, 0.25) is 0 Å². The number of rotatable bonds is 8. The van der Waals surface area contributed by atoms with Crippen molar-refractivity contribution in [3.05, 3.63) is 0 Å².